The van der Waals surface area contributed by atoms with Crippen LogP contribution in [-0.4, -0.2) is 58.9 Å². The molecule has 6 nitrogen and oxygen atoms in total. The summed E-state index contributed by atoms with van der Waals surface area (Å²) >= 11 is 1.58. The monoisotopic (exact) mass is 545 g/mol. The summed E-state index contributed by atoms with van der Waals surface area (Å²) in [5.74, 6) is 1.27. The Kier molecular flexibility index (Phi) is 8.66. The van der Waals surface area contributed by atoms with Crippen molar-refractivity contribution in [2.75, 3.05) is 26.2 Å². The number of fused-ring (bicyclic) bond motifs is 1. The van der Waals surface area contributed by atoms with Gasteiger partial charge in [0.1, 0.15) is 17.4 Å². The quantitative estimate of drug-likeness (QED) is 0.403. The summed E-state index contributed by atoms with van der Waals surface area (Å²) in [4.78, 5) is 36.0. The lowest BCUT2D eigenvalue weighted by molar-refractivity contribution is -0.151. The van der Waals surface area contributed by atoms with Crippen LogP contribution in [0.3, 0.4) is 0 Å². The Bertz CT molecular complexity index is 1260. The average Bonchev–Trinajstić information content (AvgIpc) is 3.42. The average molecular weight is 546 g/mol. The molecular weight excluding hydrogens is 506 g/mol. The molecule has 2 aliphatic rings. The Hall–Kier alpha value is -3.19. The lowest BCUT2D eigenvalue weighted by Crippen LogP contribution is -2.54. The lowest BCUT2D eigenvalue weighted by Gasteiger charge is -2.44. The number of benzene rings is 2. The van der Waals surface area contributed by atoms with E-state index in [1.165, 1.54) is 5.56 Å². The van der Waals surface area contributed by atoms with Gasteiger partial charge in [-0.15, -0.1) is 11.3 Å². The second-order valence-electron chi connectivity index (χ2n) is 11.1. The third kappa shape index (κ3) is 6.35. The van der Waals surface area contributed by atoms with Crippen LogP contribution in [0.5, 0.6) is 5.75 Å². The Morgan fingerprint density at radius 1 is 1.00 bits per heavy atom. The fourth-order valence-corrected chi connectivity index (χ4v) is 6.73. The summed E-state index contributed by atoms with van der Waals surface area (Å²) in [5.41, 5.74) is 2.72. The largest absolute Gasteiger partial charge is 0.491 e. The molecule has 2 aliphatic heterocycles. The zero-order chi connectivity index (χ0) is 27.2. The molecule has 1 aromatic heterocycles. The molecule has 3 heterocycles. The summed E-state index contributed by atoms with van der Waals surface area (Å²) in [5, 5.41) is 2.93. The van der Waals surface area contributed by atoms with Gasteiger partial charge in [0.2, 0.25) is 11.8 Å². The molecule has 1 spiro atoms. The van der Waals surface area contributed by atoms with Crippen LogP contribution < -0.4 is 4.74 Å². The maximum Gasteiger partial charge on any atom is 0.229 e. The number of nitrogens with zero attached hydrogens (tertiary/aromatic N) is 3. The number of amides is 2. The summed E-state index contributed by atoms with van der Waals surface area (Å²) in [6, 6.07) is 18.4. The first-order chi connectivity index (χ1) is 18.9. The number of ether oxygens (including phenoxy) is 1. The molecule has 5 rings (SSSR count). The smallest absolute Gasteiger partial charge is 0.229 e. The topological polar surface area (TPSA) is 62.7 Å². The number of rotatable bonds is 4. The molecule has 0 aliphatic carbocycles. The van der Waals surface area contributed by atoms with E-state index in [0.29, 0.717) is 45.5 Å². The number of aryl methyl sites for hydroxylation is 1. The van der Waals surface area contributed by atoms with E-state index < -0.39 is 5.41 Å². The lowest BCUT2D eigenvalue weighted by atomic mass is 9.72. The van der Waals surface area contributed by atoms with Crippen molar-refractivity contribution in [3.63, 3.8) is 0 Å². The van der Waals surface area contributed by atoms with E-state index in [1.807, 2.05) is 57.6 Å². The van der Waals surface area contributed by atoms with Crippen molar-refractivity contribution in [3.05, 3.63) is 71.2 Å². The van der Waals surface area contributed by atoms with Gasteiger partial charge in [-0.1, -0.05) is 55.0 Å². The molecule has 0 bridgehead atoms. The van der Waals surface area contributed by atoms with Gasteiger partial charge in [0.25, 0.3) is 0 Å². The fourth-order valence-electron chi connectivity index (χ4n) is 5.91. The standard InChI is InChI=1S/C32H39N3O3S/c1-24(2)35-20-21-38-28-14-7-6-10-25(28)11-8-9-15-32(31(35)37)16-18-34(19-17-32)29(36)22-27-23-39-30(33-27)26-12-4-3-5-13-26/h3-7,10,12-14,23-24H,8-9,11,15-22H2,1-2H3. The van der Waals surface area contributed by atoms with Crippen LogP contribution in [0.15, 0.2) is 60.0 Å². The van der Waals surface area contributed by atoms with Gasteiger partial charge >= 0.3 is 0 Å². The highest BCUT2D eigenvalue weighted by Crippen LogP contribution is 2.40. The highest BCUT2D eigenvalue weighted by Gasteiger charge is 2.44. The molecule has 206 valence electrons. The number of likely N-dealkylation sites (tertiary alicyclic amines) is 1. The van der Waals surface area contributed by atoms with Gasteiger partial charge < -0.3 is 14.5 Å². The number of para-hydroxylation sites is 1. The van der Waals surface area contributed by atoms with E-state index >= 15 is 0 Å². The van der Waals surface area contributed by atoms with E-state index in [4.69, 9.17) is 9.72 Å². The summed E-state index contributed by atoms with van der Waals surface area (Å²) in [6.45, 7) is 6.46. The molecule has 0 atom stereocenters. The van der Waals surface area contributed by atoms with Gasteiger partial charge in [0.15, 0.2) is 0 Å². The van der Waals surface area contributed by atoms with E-state index in [-0.39, 0.29) is 17.9 Å². The molecule has 1 saturated heterocycles. The highest BCUT2D eigenvalue weighted by molar-refractivity contribution is 7.13. The molecule has 0 saturated carbocycles. The molecule has 0 unspecified atom stereocenters. The molecule has 0 N–H and O–H groups in total. The van der Waals surface area contributed by atoms with E-state index in [0.717, 1.165) is 47.7 Å². The van der Waals surface area contributed by atoms with Gasteiger partial charge in [-0.25, -0.2) is 4.98 Å². The highest BCUT2D eigenvalue weighted by atomic mass is 32.1. The second kappa shape index (κ2) is 12.3. The number of aromatic nitrogens is 1. The van der Waals surface area contributed by atoms with E-state index in [2.05, 4.69) is 26.0 Å². The number of hydrogen-bond acceptors (Lipinski definition) is 5. The van der Waals surface area contributed by atoms with Crippen molar-refractivity contribution in [2.24, 2.45) is 5.41 Å². The predicted molar refractivity (Wildman–Crippen MR) is 156 cm³/mol. The van der Waals surface area contributed by atoms with Gasteiger partial charge in [0, 0.05) is 30.1 Å². The molecule has 3 aromatic rings. The first kappa shape index (κ1) is 27.4. The first-order valence-electron chi connectivity index (χ1n) is 14.2. The molecular formula is C32H39N3O3S. The van der Waals surface area contributed by atoms with Gasteiger partial charge in [-0.05, 0) is 57.6 Å². The minimum Gasteiger partial charge on any atom is -0.491 e. The normalized spacial score (nSPS) is 18.3. The van der Waals surface area contributed by atoms with Crippen LogP contribution in [0.4, 0.5) is 0 Å². The van der Waals surface area contributed by atoms with Gasteiger partial charge in [-0.3, -0.25) is 9.59 Å². The second-order valence-corrected chi connectivity index (χ2v) is 12.0. The SMILES string of the molecule is CC(C)N1CCOc2ccccc2CCCCC2(CCN(C(=O)Cc3csc(-c4ccccc4)n3)CC2)C1=O. The molecule has 1 fully saturated rings. The third-order valence-corrected chi connectivity index (χ3v) is 9.17. The van der Waals surface area contributed by atoms with Crippen LogP contribution in [0.2, 0.25) is 0 Å². The summed E-state index contributed by atoms with van der Waals surface area (Å²) in [6.07, 6.45) is 5.56. The summed E-state index contributed by atoms with van der Waals surface area (Å²) in [7, 11) is 0. The predicted octanol–water partition coefficient (Wildman–Crippen LogP) is 6.00. The van der Waals surface area contributed by atoms with Gasteiger partial charge in [-0.2, -0.15) is 0 Å². The maximum absolute atomic E-state index is 14.1. The number of thiazole rings is 1. The maximum atomic E-state index is 14.1. The van der Waals surface area contributed by atoms with E-state index in [1.54, 1.807) is 11.3 Å². The van der Waals surface area contributed by atoms with Crippen molar-refractivity contribution < 1.29 is 14.3 Å². The van der Waals surface area contributed by atoms with Gasteiger partial charge in [0.05, 0.1) is 24.1 Å². The zero-order valence-electron chi connectivity index (χ0n) is 23.1. The van der Waals surface area contributed by atoms with Crippen LogP contribution in [0, 0.1) is 5.41 Å². The fraction of sp³-hybridized carbons (Fsp3) is 0.469. The molecule has 2 aromatic carbocycles. The van der Waals surface area contributed by atoms with Crippen LogP contribution in [-0.2, 0) is 22.4 Å². The van der Waals surface area contributed by atoms with Crippen molar-refractivity contribution in [2.45, 2.75) is 64.8 Å². The third-order valence-electron chi connectivity index (χ3n) is 8.23. The molecule has 0 radical (unpaired) electrons. The Morgan fingerprint density at radius 2 is 1.74 bits per heavy atom. The Morgan fingerprint density at radius 3 is 2.51 bits per heavy atom. The van der Waals surface area contributed by atoms with Crippen LogP contribution in [0.1, 0.15) is 57.2 Å². The van der Waals surface area contributed by atoms with Crippen LogP contribution >= 0.6 is 11.3 Å². The number of piperidine rings is 1. The minimum absolute atomic E-state index is 0.0966. The van der Waals surface area contributed by atoms with E-state index in [9.17, 15) is 9.59 Å². The number of carbonyl (C=O) groups excluding carboxylic acids is 2. The molecule has 39 heavy (non-hydrogen) atoms. The van der Waals surface area contributed by atoms with Crippen LogP contribution in [0.25, 0.3) is 10.6 Å². The van der Waals surface area contributed by atoms with Crippen molar-refractivity contribution >= 4 is 23.2 Å². The molecule has 7 heteroatoms. The first-order valence-corrected chi connectivity index (χ1v) is 15.1. The van der Waals surface area contributed by atoms with Crippen molar-refractivity contribution in [3.8, 4) is 16.3 Å². The zero-order valence-corrected chi connectivity index (χ0v) is 23.9. The number of hydrogen-bond donors (Lipinski definition) is 0. The minimum atomic E-state index is -0.416. The Labute approximate surface area is 236 Å². The number of carbonyl (C=O) groups is 2. The molecule has 2 amide bonds. The Balaban J connectivity index is 1.25. The van der Waals surface area contributed by atoms with Crippen molar-refractivity contribution in [1.82, 2.24) is 14.8 Å². The van der Waals surface area contributed by atoms with Crippen molar-refractivity contribution in [1.29, 1.82) is 0 Å². The summed E-state index contributed by atoms with van der Waals surface area (Å²) < 4.78 is 6.15.